The summed E-state index contributed by atoms with van der Waals surface area (Å²) in [6.45, 7) is 6.28. The lowest BCUT2D eigenvalue weighted by Crippen LogP contribution is -2.25. The molecule has 5 nitrogen and oxygen atoms in total. The lowest BCUT2D eigenvalue weighted by Gasteiger charge is -2.09. The van der Waals surface area contributed by atoms with E-state index < -0.39 is 0 Å². The highest BCUT2D eigenvalue weighted by atomic mass is 16.5. The van der Waals surface area contributed by atoms with Crippen LogP contribution in [0.5, 0.6) is 0 Å². The first-order valence-corrected chi connectivity index (χ1v) is 7.75. The van der Waals surface area contributed by atoms with E-state index in [1.54, 1.807) is 6.07 Å². The molecule has 0 aliphatic carbocycles. The fourth-order valence-corrected chi connectivity index (χ4v) is 1.96. The van der Waals surface area contributed by atoms with Crippen molar-refractivity contribution in [1.82, 2.24) is 10.3 Å². The monoisotopic (exact) mass is 293 g/mol. The molecule has 0 bridgehead atoms. The van der Waals surface area contributed by atoms with Crippen molar-refractivity contribution in [2.24, 2.45) is 0 Å². The molecule has 1 amide bonds. The third kappa shape index (κ3) is 6.58. The molecule has 1 aromatic heterocycles. The van der Waals surface area contributed by atoms with Crippen molar-refractivity contribution in [2.45, 2.75) is 39.5 Å². The Morgan fingerprint density at radius 2 is 2.05 bits per heavy atom. The highest BCUT2D eigenvalue weighted by Gasteiger charge is 2.09. The van der Waals surface area contributed by atoms with Crippen LogP contribution in [0.1, 0.15) is 49.2 Å². The average molecular weight is 293 g/mol. The Labute approximate surface area is 127 Å². The minimum absolute atomic E-state index is 0.0539. The van der Waals surface area contributed by atoms with Gasteiger partial charge in [0.15, 0.2) is 0 Å². The van der Waals surface area contributed by atoms with E-state index in [9.17, 15) is 4.79 Å². The Hall–Kier alpha value is -1.62. The van der Waals surface area contributed by atoms with Crippen molar-refractivity contribution < 1.29 is 9.53 Å². The number of aromatic nitrogens is 1. The summed E-state index contributed by atoms with van der Waals surface area (Å²) in [5.74, 6) is 0.680. The summed E-state index contributed by atoms with van der Waals surface area (Å²) in [6.07, 6.45) is 3.74. The zero-order valence-corrected chi connectivity index (χ0v) is 13.4. The highest BCUT2D eigenvalue weighted by Crippen LogP contribution is 2.11. The first kappa shape index (κ1) is 17.4. The molecule has 0 saturated heterocycles. The maximum Gasteiger partial charge on any atom is 0.251 e. The Morgan fingerprint density at radius 3 is 2.71 bits per heavy atom. The SMILES string of the molecule is CCCOCCCNC(=O)c1cc(CCC)nc(NC)c1. The molecule has 0 radical (unpaired) electrons. The molecule has 118 valence electrons. The van der Waals surface area contributed by atoms with Crippen molar-refractivity contribution in [1.29, 1.82) is 0 Å². The first-order valence-electron chi connectivity index (χ1n) is 7.75. The van der Waals surface area contributed by atoms with E-state index in [2.05, 4.69) is 29.5 Å². The van der Waals surface area contributed by atoms with Crippen LogP contribution < -0.4 is 10.6 Å². The molecule has 0 fully saturated rings. The van der Waals surface area contributed by atoms with Crippen LogP contribution in [-0.2, 0) is 11.2 Å². The molecule has 0 aliphatic rings. The van der Waals surface area contributed by atoms with Crippen LogP contribution in [0.4, 0.5) is 5.82 Å². The van der Waals surface area contributed by atoms with Gasteiger partial charge in [0.25, 0.3) is 5.91 Å². The topological polar surface area (TPSA) is 63.2 Å². The summed E-state index contributed by atoms with van der Waals surface area (Å²) in [4.78, 5) is 16.6. The van der Waals surface area contributed by atoms with Gasteiger partial charge in [0, 0.05) is 38.1 Å². The van der Waals surface area contributed by atoms with E-state index >= 15 is 0 Å². The van der Waals surface area contributed by atoms with Gasteiger partial charge in [-0.25, -0.2) is 4.98 Å². The van der Waals surface area contributed by atoms with Crippen molar-refractivity contribution in [3.63, 3.8) is 0 Å². The highest BCUT2D eigenvalue weighted by molar-refractivity contribution is 5.95. The molecule has 21 heavy (non-hydrogen) atoms. The van der Waals surface area contributed by atoms with E-state index in [0.29, 0.717) is 18.7 Å². The number of carbonyl (C=O) groups excluding carboxylic acids is 1. The molecule has 5 heteroatoms. The number of pyridine rings is 1. The van der Waals surface area contributed by atoms with Crippen LogP contribution >= 0.6 is 0 Å². The van der Waals surface area contributed by atoms with Crippen LogP contribution in [-0.4, -0.2) is 37.7 Å². The predicted octanol–water partition coefficient (Wildman–Crippen LogP) is 2.62. The van der Waals surface area contributed by atoms with Crippen molar-refractivity contribution in [2.75, 3.05) is 32.1 Å². The zero-order valence-electron chi connectivity index (χ0n) is 13.4. The smallest absolute Gasteiger partial charge is 0.251 e. The lowest BCUT2D eigenvalue weighted by atomic mass is 10.1. The minimum atomic E-state index is -0.0539. The normalized spacial score (nSPS) is 10.4. The van der Waals surface area contributed by atoms with Gasteiger partial charge in [0.2, 0.25) is 0 Å². The van der Waals surface area contributed by atoms with Gasteiger partial charge in [-0.3, -0.25) is 4.79 Å². The molecule has 1 aromatic rings. The van der Waals surface area contributed by atoms with Crippen LogP contribution in [0.3, 0.4) is 0 Å². The molecule has 1 rings (SSSR count). The van der Waals surface area contributed by atoms with Gasteiger partial charge >= 0.3 is 0 Å². The number of ether oxygens (including phenoxy) is 1. The van der Waals surface area contributed by atoms with Crippen LogP contribution in [0.25, 0.3) is 0 Å². The Kier molecular flexibility index (Phi) is 8.43. The molecular formula is C16H27N3O2. The van der Waals surface area contributed by atoms with Gasteiger partial charge in [0.1, 0.15) is 5.82 Å². The van der Waals surface area contributed by atoms with Gasteiger partial charge in [-0.05, 0) is 31.4 Å². The molecule has 1 heterocycles. The van der Waals surface area contributed by atoms with E-state index in [-0.39, 0.29) is 5.91 Å². The second-order valence-electron chi connectivity index (χ2n) is 4.95. The van der Waals surface area contributed by atoms with E-state index in [1.165, 1.54) is 0 Å². The third-order valence-electron chi connectivity index (χ3n) is 3.00. The summed E-state index contributed by atoms with van der Waals surface area (Å²) < 4.78 is 5.39. The molecule has 0 saturated carbocycles. The number of aryl methyl sites for hydroxylation is 1. The summed E-state index contributed by atoms with van der Waals surface area (Å²) >= 11 is 0. The van der Waals surface area contributed by atoms with Gasteiger partial charge in [-0.1, -0.05) is 20.3 Å². The quantitative estimate of drug-likeness (QED) is 0.651. The Morgan fingerprint density at radius 1 is 1.24 bits per heavy atom. The van der Waals surface area contributed by atoms with Crippen molar-refractivity contribution in [3.05, 3.63) is 23.4 Å². The van der Waals surface area contributed by atoms with Gasteiger partial charge in [-0.2, -0.15) is 0 Å². The lowest BCUT2D eigenvalue weighted by molar-refractivity contribution is 0.0941. The molecule has 2 N–H and O–H groups in total. The van der Waals surface area contributed by atoms with Crippen LogP contribution in [0, 0.1) is 0 Å². The van der Waals surface area contributed by atoms with Gasteiger partial charge < -0.3 is 15.4 Å². The van der Waals surface area contributed by atoms with E-state index in [4.69, 9.17) is 4.74 Å². The number of nitrogens with one attached hydrogen (secondary N) is 2. The molecule has 0 spiro atoms. The minimum Gasteiger partial charge on any atom is -0.381 e. The molecule has 0 aliphatic heterocycles. The summed E-state index contributed by atoms with van der Waals surface area (Å²) in [5.41, 5.74) is 1.60. The fourth-order valence-electron chi connectivity index (χ4n) is 1.96. The number of anilines is 1. The standard InChI is InChI=1S/C16H27N3O2/c1-4-7-14-11-13(12-15(17-3)19-14)16(20)18-8-6-10-21-9-5-2/h11-12H,4-10H2,1-3H3,(H,17,19)(H,18,20). The number of amides is 1. The first-order chi connectivity index (χ1) is 10.2. The van der Waals surface area contributed by atoms with Crippen molar-refractivity contribution >= 4 is 11.7 Å². The second-order valence-corrected chi connectivity index (χ2v) is 4.95. The van der Waals surface area contributed by atoms with Gasteiger partial charge in [0.05, 0.1) is 0 Å². The molecular weight excluding hydrogens is 266 g/mol. The van der Waals surface area contributed by atoms with Crippen LogP contribution in [0.2, 0.25) is 0 Å². The van der Waals surface area contributed by atoms with Gasteiger partial charge in [-0.15, -0.1) is 0 Å². The molecule has 0 unspecified atom stereocenters. The third-order valence-corrected chi connectivity index (χ3v) is 3.00. The second kappa shape index (κ2) is 10.2. The van der Waals surface area contributed by atoms with Crippen molar-refractivity contribution in [3.8, 4) is 0 Å². The Bertz CT molecular complexity index is 436. The molecule has 0 atom stereocenters. The van der Waals surface area contributed by atoms with Crippen LogP contribution in [0.15, 0.2) is 12.1 Å². The number of rotatable bonds is 10. The maximum atomic E-state index is 12.2. The summed E-state index contributed by atoms with van der Waals surface area (Å²) in [7, 11) is 1.81. The summed E-state index contributed by atoms with van der Waals surface area (Å²) in [6, 6.07) is 3.65. The fraction of sp³-hybridized carbons (Fsp3) is 0.625. The van der Waals surface area contributed by atoms with E-state index in [0.717, 1.165) is 43.8 Å². The number of nitrogens with zero attached hydrogens (tertiary/aromatic N) is 1. The molecule has 0 aromatic carbocycles. The average Bonchev–Trinajstić information content (AvgIpc) is 2.50. The largest absolute Gasteiger partial charge is 0.381 e. The zero-order chi connectivity index (χ0) is 15.5. The summed E-state index contributed by atoms with van der Waals surface area (Å²) in [5, 5.41) is 5.92. The predicted molar refractivity (Wildman–Crippen MR) is 85.8 cm³/mol. The maximum absolute atomic E-state index is 12.2. The number of hydrogen-bond acceptors (Lipinski definition) is 4. The van der Waals surface area contributed by atoms with E-state index in [1.807, 2.05) is 13.1 Å². The number of carbonyl (C=O) groups is 1. The Balaban J connectivity index is 2.50. The number of hydrogen-bond donors (Lipinski definition) is 2.